The Kier molecular flexibility index (Phi) is 4.75. The number of fused-ring (bicyclic) bond motifs is 2. The summed E-state index contributed by atoms with van der Waals surface area (Å²) in [6, 6.07) is 21.6. The monoisotopic (exact) mass is 431 g/mol. The van der Waals surface area contributed by atoms with Crippen LogP contribution < -0.4 is 5.32 Å². The van der Waals surface area contributed by atoms with E-state index in [1.54, 1.807) is 12.1 Å². The zero-order valence-electron chi connectivity index (χ0n) is 16.8. The fourth-order valence-electron chi connectivity index (χ4n) is 3.97. The second-order valence-electron chi connectivity index (χ2n) is 7.60. The molecule has 1 amide bonds. The fourth-order valence-corrected chi connectivity index (χ4v) is 4.19. The lowest BCUT2D eigenvalue weighted by Crippen LogP contribution is -2.17. The van der Waals surface area contributed by atoms with Gasteiger partial charge in [-0.25, -0.2) is 4.39 Å². The van der Waals surface area contributed by atoms with E-state index in [4.69, 9.17) is 11.6 Å². The highest BCUT2D eigenvalue weighted by Gasteiger charge is 2.17. The number of anilines is 1. The lowest BCUT2D eigenvalue weighted by Gasteiger charge is -2.12. The van der Waals surface area contributed by atoms with E-state index in [0.29, 0.717) is 28.3 Å². The fraction of sp³-hybridized carbons (Fsp3) is 0.0800. The van der Waals surface area contributed by atoms with Crippen molar-refractivity contribution in [2.75, 3.05) is 5.32 Å². The molecule has 4 nitrogen and oxygen atoms in total. The maximum Gasteiger partial charge on any atom is 0.272 e. The van der Waals surface area contributed by atoms with Crippen LogP contribution in [-0.4, -0.2) is 15.0 Å². The van der Waals surface area contributed by atoms with Crippen molar-refractivity contribution >= 4 is 45.0 Å². The second-order valence-corrected chi connectivity index (χ2v) is 8.04. The zero-order valence-corrected chi connectivity index (χ0v) is 17.5. The summed E-state index contributed by atoms with van der Waals surface area (Å²) >= 11 is 6.14. The molecule has 0 radical (unpaired) electrons. The van der Waals surface area contributed by atoms with Gasteiger partial charge in [-0.15, -0.1) is 0 Å². The maximum absolute atomic E-state index is 13.8. The molecule has 0 unspecified atom stereocenters. The normalized spacial score (nSPS) is 11.3. The molecule has 0 aliphatic heterocycles. The molecule has 0 spiro atoms. The van der Waals surface area contributed by atoms with Gasteiger partial charge in [-0.3, -0.25) is 4.79 Å². The van der Waals surface area contributed by atoms with Crippen LogP contribution >= 0.6 is 11.6 Å². The number of aromatic nitrogens is 2. The SMILES string of the molecule is Cn1ccc2cc(NC(=O)c3cc4cc(F)ccc4n3Cc3cccc(Cl)c3)ccc21. The van der Waals surface area contributed by atoms with E-state index in [1.807, 2.05) is 70.9 Å². The highest BCUT2D eigenvalue weighted by molar-refractivity contribution is 6.30. The predicted molar refractivity (Wildman–Crippen MR) is 123 cm³/mol. The summed E-state index contributed by atoms with van der Waals surface area (Å²) in [6.07, 6.45) is 1.98. The average molecular weight is 432 g/mol. The molecule has 31 heavy (non-hydrogen) atoms. The van der Waals surface area contributed by atoms with Gasteiger partial charge >= 0.3 is 0 Å². The first-order valence-corrected chi connectivity index (χ1v) is 10.3. The molecule has 154 valence electrons. The van der Waals surface area contributed by atoms with Crippen molar-refractivity contribution in [2.45, 2.75) is 6.54 Å². The lowest BCUT2D eigenvalue weighted by molar-refractivity contribution is 0.101. The third-order valence-electron chi connectivity index (χ3n) is 5.47. The summed E-state index contributed by atoms with van der Waals surface area (Å²) in [7, 11) is 1.98. The lowest BCUT2D eigenvalue weighted by atomic mass is 10.2. The Hall–Kier alpha value is -3.57. The zero-order chi connectivity index (χ0) is 21.5. The molecule has 1 N–H and O–H groups in total. The van der Waals surface area contributed by atoms with Crippen molar-refractivity contribution in [2.24, 2.45) is 7.05 Å². The number of hydrogen-bond donors (Lipinski definition) is 1. The molecule has 2 aromatic heterocycles. The maximum atomic E-state index is 13.8. The molecule has 0 fully saturated rings. The van der Waals surface area contributed by atoms with Crippen LogP contribution in [0.5, 0.6) is 0 Å². The van der Waals surface area contributed by atoms with Gasteiger partial charge < -0.3 is 14.5 Å². The third kappa shape index (κ3) is 3.68. The van der Waals surface area contributed by atoms with Crippen LogP contribution in [0.4, 0.5) is 10.1 Å². The summed E-state index contributed by atoms with van der Waals surface area (Å²) in [6.45, 7) is 0.441. The third-order valence-corrected chi connectivity index (χ3v) is 5.70. The van der Waals surface area contributed by atoms with E-state index in [1.165, 1.54) is 12.1 Å². The summed E-state index contributed by atoms with van der Waals surface area (Å²) in [4.78, 5) is 13.2. The van der Waals surface area contributed by atoms with E-state index in [-0.39, 0.29) is 11.7 Å². The van der Waals surface area contributed by atoms with Crippen molar-refractivity contribution in [3.8, 4) is 0 Å². The Balaban J connectivity index is 1.54. The summed E-state index contributed by atoms with van der Waals surface area (Å²) in [5, 5.41) is 5.33. The van der Waals surface area contributed by atoms with Crippen LogP contribution in [0.1, 0.15) is 16.1 Å². The topological polar surface area (TPSA) is 39.0 Å². The Morgan fingerprint density at radius 3 is 2.65 bits per heavy atom. The van der Waals surface area contributed by atoms with Crippen LogP contribution in [0.15, 0.2) is 79.0 Å². The highest BCUT2D eigenvalue weighted by atomic mass is 35.5. The predicted octanol–water partition coefficient (Wildman–Crippen LogP) is 6.23. The van der Waals surface area contributed by atoms with Gasteiger partial charge in [0.15, 0.2) is 0 Å². The number of nitrogens with one attached hydrogen (secondary N) is 1. The van der Waals surface area contributed by atoms with Gasteiger partial charge in [0, 0.05) is 52.3 Å². The number of amides is 1. The number of benzene rings is 3. The molecule has 0 aliphatic rings. The summed E-state index contributed by atoms with van der Waals surface area (Å²) in [5.74, 6) is -0.595. The van der Waals surface area contributed by atoms with Gasteiger partial charge in [-0.2, -0.15) is 0 Å². The van der Waals surface area contributed by atoms with Crippen LogP contribution in [0.2, 0.25) is 5.02 Å². The average Bonchev–Trinajstić information content (AvgIpc) is 3.28. The van der Waals surface area contributed by atoms with Gasteiger partial charge in [-0.1, -0.05) is 23.7 Å². The van der Waals surface area contributed by atoms with Gasteiger partial charge in [0.2, 0.25) is 0 Å². The molecule has 0 saturated heterocycles. The Morgan fingerprint density at radius 1 is 0.968 bits per heavy atom. The molecular formula is C25H19ClFN3O. The number of aryl methyl sites for hydroxylation is 1. The van der Waals surface area contributed by atoms with E-state index in [2.05, 4.69) is 5.32 Å². The molecule has 6 heteroatoms. The number of rotatable bonds is 4. The Labute approximate surface area is 183 Å². The van der Waals surface area contributed by atoms with E-state index in [0.717, 1.165) is 22.0 Å². The quantitative estimate of drug-likeness (QED) is 0.360. The van der Waals surface area contributed by atoms with Crippen LogP contribution in [-0.2, 0) is 13.6 Å². The molecular weight excluding hydrogens is 413 g/mol. The molecule has 0 saturated carbocycles. The largest absolute Gasteiger partial charge is 0.351 e. The minimum atomic E-state index is -0.339. The molecule has 3 aromatic carbocycles. The van der Waals surface area contributed by atoms with Crippen molar-refractivity contribution in [1.82, 2.24) is 9.13 Å². The first kappa shape index (κ1) is 19.4. The van der Waals surface area contributed by atoms with Crippen molar-refractivity contribution in [3.05, 3.63) is 101 Å². The summed E-state index contributed by atoms with van der Waals surface area (Å²) in [5.41, 5.74) is 3.98. The minimum absolute atomic E-state index is 0.256. The number of carbonyl (C=O) groups excluding carboxylic acids is 1. The van der Waals surface area contributed by atoms with Crippen molar-refractivity contribution < 1.29 is 9.18 Å². The van der Waals surface area contributed by atoms with Crippen molar-refractivity contribution in [1.29, 1.82) is 0 Å². The summed E-state index contributed by atoms with van der Waals surface area (Å²) < 4.78 is 17.7. The molecule has 0 aliphatic carbocycles. The smallest absolute Gasteiger partial charge is 0.272 e. The van der Waals surface area contributed by atoms with Crippen LogP contribution in [0.25, 0.3) is 21.8 Å². The van der Waals surface area contributed by atoms with Gasteiger partial charge in [0.05, 0.1) is 0 Å². The second kappa shape index (κ2) is 7.60. The van der Waals surface area contributed by atoms with Gasteiger partial charge in [0.1, 0.15) is 11.5 Å². The molecule has 5 rings (SSSR count). The number of hydrogen-bond acceptors (Lipinski definition) is 1. The van der Waals surface area contributed by atoms with Gasteiger partial charge in [0.25, 0.3) is 5.91 Å². The first-order chi connectivity index (χ1) is 15.0. The van der Waals surface area contributed by atoms with Crippen molar-refractivity contribution in [3.63, 3.8) is 0 Å². The highest BCUT2D eigenvalue weighted by Crippen LogP contribution is 2.25. The number of nitrogens with zero attached hydrogens (tertiary/aromatic N) is 2. The molecule has 0 bridgehead atoms. The van der Waals surface area contributed by atoms with E-state index in [9.17, 15) is 9.18 Å². The van der Waals surface area contributed by atoms with Gasteiger partial charge in [-0.05, 0) is 66.2 Å². The molecule has 5 aromatic rings. The number of halogens is 2. The standard InChI is InChI=1S/C25H19ClFN3O/c1-29-10-9-17-13-21(6-8-22(17)29)28-25(31)24-14-18-12-20(27)5-7-23(18)30(24)15-16-3-2-4-19(26)11-16/h2-14H,15H2,1H3,(H,28,31). The Morgan fingerprint density at radius 2 is 1.81 bits per heavy atom. The first-order valence-electron chi connectivity index (χ1n) is 9.87. The van der Waals surface area contributed by atoms with E-state index < -0.39 is 0 Å². The van der Waals surface area contributed by atoms with Crippen LogP contribution in [0, 0.1) is 5.82 Å². The minimum Gasteiger partial charge on any atom is -0.351 e. The molecule has 2 heterocycles. The van der Waals surface area contributed by atoms with E-state index >= 15 is 0 Å². The Bertz CT molecular complexity index is 1450. The van der Waals surface area contributed by atoms with Crippen LogP contribution in [0.3, 0.4) is 0 Å². The number of carbonyl (C=O) groups is 1. The molecule has 0 atom stereocenters.